The molecule has 0 saturated carbocycles. The molecule has 1 aromatic rings. The molecule has 25 heavy (non-hydrogen) atoms. The van der Waals surface area contributed by atoms with Crippen molar-refractivity contribution in [3.05, 3.63) is 35.9 Å². The van der Waals surface area contributed by atoms with Crippen LogP contribution in [0.4, 0.5) is 0 Å². The van der Waals surface area contributed by atoms with Gasteiger partial charge in [-0.3, -0.25) is 9.59 Å². The highest BCUT2D eigenvalue weighted by atomic mass is 16.5. The number of benzene rings is 1. The predicted octanol–water partition coefficient (Wildman–Crippen LogP) is 2.19. The number of methoxy groups -OCH3 is 1. The van der Waals surface area contributed by atoms with Gasteiger partial charge >= 0.3 is 5.97 Å². The van der Waals surface area contributed by atoms with Gasteiger partial charge in [0.25, 0.3) is 0 Å². The van der Waals surface area contributed by atoms with E-state index in [4.69, 9.17) is 9.84 Å². The molecule has 6 nitrogen and oxygen atoms in total. The van der Waals surface area contributed by atoms with Crippen LogP contribution < -0.4 is 10.6 Å². The minimum atomic E-state index is -1.01. The van der Waals surface area contributed by atoms with Crippen molar-refractivity contribution in [1.82, 2.24) is 10.6 Å². The number of hydrogen-bond donors (Lipinski definition) is 3. The maximum atomic E-state index is 12.5. The standard InChI is InChI=1S/C19H30N2O4/c1-19(2,3)10-11-20-15(13-17(22)23)18(24)21-16(25-4)12-14-8-6-5-7-9-14/h5-9,15-16,20H,10-13H2,1-4H3,(H,21,24)(H,22,23)/t15-,16+/m0/s1. The predicted molar refractivity (Wildman–Crippen MR) is 97.2 cm³/mol. The summed E-state index contributed by atoms with van der Waals surface area (Å²) in [5.41, 5.74) is 1.14. The summed E-state index contributed by atoms with van der Waals surface area (Å²) < 4.78 is 5.33. The normalized spacial score (nSPS) is 13.9. The van der Waals surface area contributed by atoms with Crippen molar-refractivity contribution in [3.63, 3.8) is 0 Å². The molecule has 1 aromatic carbocycles. The van der Waals surface area contributed by atoms with Crippen molar-refractivity contribution in [2.24, 2.45) is 5.41 Å². The van der Waals surface area contributed by atoms with Gasteiger partial charge in [0.05, 0.1) is 12.5 Å². The molecule has 3 N–H and O–H groups in total. The van der Waals surface area contributed by atoms with Gasteiger partial charge in [-0.05, 0) is 23.9 Å². The Bertz CT molecular complexity index is 540. The Morgan fingerprint density at radius 3 is 2.36 bits per heavy atom. The summed E-state index contributed by atoms with van der Waals surface area (Å²) in [6.45, 7) is 6.87. The van der Waals surface area contributed by atoms with Gasteiger partial charge in [0, 0.05) is 13.5 Å². The molecule has 1 amide bonds. The third-order valence-electron chi connectivity index (χ3n) is 3.81. The summed E-state index contributed by atoms with van der Waals surface area (Å²) in [6.07, 6.45) is 0.590. The van der Waals surface area contributed by atoms with Gasteiger partial charge in [0.2, 0.25) is 5.91 Å². The fourth-order valence-corrected chi connectivity index (χ4v) is 2.33. The Labute approximate surface area is 150 Å². The third-order valence-corrected chi connectivity index (χ3v) is 3.81. The summed E-state index contributed by atoms with van der Waals surface area (Å²) in [7, 11) is 1.52. The number of rotatable bonds is 10. The second kappa shape index (κ2) is 10.2. The number of hydrogen-bond acceptors (Lipinski definition) is 4. The molecular formula is C19H30N2O4. The average molecular weight is 350 g/mol. The lowest BCUT2D eigenvalue weighted by molar-refractivity contribution is -0.140. The summed E-state index contributed by atoms with van der Waals surface area (Å²) in [5.74, 6) is -1.38. The molecular weight excluding hydrogens is 320 g/mol. The van der Waals surface area contributed by atoms with E-state index in [0.29, 0.717) is 13.0 Å². The zero-order valence-corrected chi connectivity index (χ0v) is 15.5. The molecule has 140 valence electrons. The highest BCUT2D eigenvalue weighted by Gasteiger charge is 2.24. The molecule has 0 saturated heterocycles. The topological polar surface area (TPSA) is 87.7 Å². The largest absolute Gasteiger partial charge is 0.481 e. The van der Waals surface area contributed by atoms with E-state index in [9.17, 15) is 9.59 Å². The number of carbonyl (C=O) groups is 2. The van der Waals surface area contributed by atoms with Gasteiger partial charge in [-0.15, -0.1) is 0 Å². The molecule has 0 aliphatic carbocycles. The van der Waals surface area contributed by atoms with Crippen LogP contribution >= 0.6 is 0 Å². The van der Waals surface area contributed by atoms with E-state index in [1.807, 2.05) is 30.3 Å². The fourth-order valence-electron chi connectivity index (χ4n) is 2.33. The Hall–Kier alpha value is -1.92. The van der Waals surface area contributed by atoms with Crippen LogP contribution in [0.5, 0.6) is 0 Å². The zero-order valence-electron chi connectivity index (χ0n) is 15.5. The van der Waals surface area contributed by atoms with Crippen molar-refractivity contribution in [2.45, 2.75) is 52.3 Å². The van der Waals surface area contributed by atoms with E-state index in [1.165, 1.54) is 7.11 Å². The molecule has 0 unspecified atom stereocenters. The molecule has 1 rings (SSSR count). The van der Waals surface area contributed by atoms with Crippen LogP contribution in [-0.4, -0.2) is 42.9 Å². The second-order valence-electron chi connectivity index (χ2n) is 7.34. The number of amides is 1. The zero-order chi connectivity index (χ0) is 18.9. The van der Waals surface area contributed by atoms with Crippen LogP contribution in [0, 0.1) is 5.41 Å². The van der Waals surface area contributed by atoms with Gasteiger partial charge in [0.1, 0.15) is 6.23 Å². The van der Waals surface area contributed by atoms with Crippen LogP contribution in [0.3, 0.4) is 0 Å². The second-order valence-corrected chi connectivity index (χ2v) is 7.34. The van der Waals surface area contributed by atoms with Gasteiger partial charge < -0.3 is 20.5 Å². The monoisotopic (exact) mass is 350 g/mol. The lowest BCUT2D eigenvalue weighted by Gasteiger charge is -2.24. The van der Waals surface area contributed by atoms with Crippen LogP contribution in [0.25, 0.3) is 0 Å². The van der Waals surface area contributed by atoms with Gasteiger partial charge in [0.15, 0.2) is 0 Å². The lowest BCUT2D eigenvalue weighted by atomic mass is 9.92. The van der Waals surface area contributed by atoms with Crippen molar-refractivity contribution < 1.29 is 19.4 Å². The van der Waals surface area contributed by atoms with Crippen LogP contribution in [0.2, 0.25) is 0 Å². The first-order valence-corrected chi connectivity index (χ1v) is 8.53. The number of ether oxygens (including phenoxy) is 1. The van der Waals surface area contributed by atoms with Gasteiger partial charge in [-0.25, -0.2) is 0 Å². The third kappa shape index (κ3) is 9.22. The number of carboxylic acid groups (broad SMARTS) is 1. The number of aliphatic carboxylic acids is 1. The summed E-state index contributed by atoms with van der Waals surface area (Å²) in [6, 6.07) is 8.89. The molecule has 2 atom stereocenters. The SMILES string of the molecule is CO[C@H](Cc1ccccc1)NC(=O)[C@H](CC(=O)O)NCCC(C)(C)C. The molecule has 0 radical (unpaired) electrons. The molecule has 0 fully saturated rings. The Morgan fingerprint density at radius 2 is 1.84 bits per heavy atom. The highest BCUT2D eigenvalue weighted by molar-refractivity contribution is 5.86. The minimum absolute atomic E-state index is 0.111. The molecule has 0 bridgehead atoms. The van der Waals surface area contributed by atoms with E-state index in [1.54, 1.807) is 0 Å². The maximum Gasteiger partial charge on any atom is 0.305 e. The number of carboxylic acids is 1. The highest BCUT2D eigenvalue weighted by Crippen LogP contribution is 2.17. The maximum absolute atomic E-state index is 12.5. The van der Waals surface area contributed by atoms with E-state index in [2.05, 4.69) is 31.4 Å². The first-order chi connectivity index (χ1) is 11.7. The van der Waals surface area contributed by atoms with E-state index in [0.717, 1.165) is 12.0 Å². The number of carbonyl (C=O) groups excluding carboxylic acids is 1. The summed E-state index contributed by atoms with van der Waals surface area (Å²) >= 11 is 0. The van der Waals surface area contributed by atoms with E-state index in [-0.39, 0.29) is 17.7 Å². The van der Waals surface area contributed by atoms with Crippen molar-refractivity contribution >= 4 is 11.9 Å². The molecule has 0 aromatic heterocycles. The minimum Gasteiger partial charge on any atom is -0.481 e. The molecule has 0 aliphatic rings. The average Bonchev–Trinajstić information content (AvgIpc) is 2.52. The van der Waals surface area contributed by atoms with E-state index >= 15 is 0 Å². The summed E-state index contributed by atoms with van der Waals surface area (Å²) in [5, 5.41) is 14.9. The first-order valence-electron chi connectivity index (χ1n) is 8.53. The van der Waals surface area contributed by atoms with Crippen LogP contribution in [-0.2, 0) is 20.7 Å². The molecule has 0 heterocycles. The smallest absolute Gasteiger partial charge is 0.305 e. The van der Waals surface area contributed by atoms with Crippen molar-refractivity contribution in [3.8, 4) is 0 Å². The van der Waals surface area contributed by atoms with Gasteiger partial charge in [-0.2, -0.15) is 0 Å². The van der Waals surface area contributed by atoms with Crippen molar-refractivity contribution in [1.29, 1.82) is 0 Å². The lowest BCUT2D eigenvalue weighted by Crippen LogP contribution is -2.50. The molecule has 6 heteroatoms. The quantitative estimate of drug-likeness (QED) is 0.563. The molecule has 0 spiro atoms. The van der Waals surface area contributed by atoms with Gasteiger partial charge in [-0.1, -0.05) is 51.1 Å². The van der Waals surface area contributed by atoms with Crippen molar-refractivity contribution in [2.75, 3.05) is 13.7 Å². The van der Waals surface area contributed by atoms with Crippen LogP contribution in [0.1, 0.15) is 39.2 Å². The molecule has 0 aliphatic heterocycles. The Balaban J connectivity index is 2.63. The first kappa shape index (κ1) is 21.1. The Morgan fingerprint density at radius 1 is 1.20 bits per heavy atom. The van der Waals surface area contributed by atoms with E-state index < -0.39 is 18.2 Å². The number of nitrogens with one attached hydrogen (secondary N) is 2. The fraction of sp³-hybridized carbons (Fsp3) is 0.579. The van der Waals surface area contributed by atoms with Crippen LogP contribution in [0.15, 0.2) is 30.3 Å². The summed E-state index contributed by atoms with van der Waals surface area (Å²) in [4.78, 5) is 23.5. The Kier molecular flexibility index (Phi) is 8.58.